The van der Waals surface area contributed by atoms with Crippen molar-refractivity contribution in [1.29, 1.82) is 0 Å². The minimum absolute atomic E-state index is 0.294. The van der Waals surface area contributed by atoms with Gasteiger partial charge in [0.25, 0.3) is 0 Å². The Hall–Kier alpha value is -0.350. The van der Waals surface area contributed by atoms with Crippen LogP contribution in [0.15, 0.2) is 40.2 Å². The highest BCUT2D eigenvalue weighted by atomic mass is 79.9. The van der Waals surface area contributed by atoms with Gasteiger partial charge in [0, 0.05) is 27.0 Å². The van der Waals surface area contributed by atoms with E-state index < -0.39 is 0 Å². The third-order valence-electron chi connectivity index (χ3n) is 2.61. The summed E-state index contributed by atoms with van der Waals surface area (Å²) in [6.45, 7) is 3.01. The molecule has 1 heterocycles. The molecule has 0 saturated carbocycles. The number of hydrogen-bond acceptors (Lipinski definition) is 2. The van der Waals surface area contributed by atoms with Crippen LogP contribution in [0.1, 0.15) is 23.4 Å². The molecule has 0 amide bonds. The predicted molar refractivity (Wildman–Crippen MR) is 78.7 cm³/mol. The van der Waals surface area contributed by atoms with Crippen LogP contribution in [0.3, 0.4) is 0 Å². The lowest BCUT2D eigenvalue weighted by Crippen LogP contribution is -2.17. The molecule has 1 N–H and O–H groups in total. The van der Waals surface area contributed by atoms with E-state index in [0.29, 0.717) is 6.04 Å². The highest BCUT2D eigenvalue weighted by molar-refractivity contribution is 9.10. The number of halogens is 2. The van der Waals surface area contributed by atoms with Crippen molar-refractivity contribution < 1.29 is 0 Å². The van der Waals surface area contributed by atoms with Crippen molar-refractivity contribution in [2.75, 3.05) is 0 Å². The van der Waals surface area contributed by atoms with Gasteiger partial charge in [0.1, 0.15) is 0 Å². The lowest BCUT2D eigenvalue weighted by atomic mass is 10.1. The molecule has 90 valence electrons. The molecule has 2 aromatic rings. The number of nitrogens with one attached hydrogen (secondary N) is 1. The molecule has 1 aromatic heterocycles. The van der Waals surface area contributed by atoms with Crippen LogP contribution in [0.5, 0.6) is 0 Å². The second kappa shape index (κ2) is 6.01. The Morgan fingerprint density at radius 3 is 2.88 bits per heavy atom. The zero-order chi connectivity index (χ0) is 12.3. The molecule has 0 fully saturated rings. The van der Waals surface area contributed by atoms with Gasteiger partial charge in [-0.15, -0.1) is 11.3 Å². The van der Waals surface area contributed by atoms with Gasteiger partial charge in [-0.05, 0) is 52.0 Å². The molecule has 0 bridgehead atoms. The Morgan fingerprint density at radius 2 is 2.24 bits per heavy atom. The van der Waals surface area contributed by atoms with Crippen LogP contribution >= 0.6 is 38.9 Å². The summed E-state index contributed by atoms with van der Waals surface area (Å²) in [5, 5.41) is 6.37. The molecule has 2 rings (SSSR count). The smallest absolute Gasteiger partial charge is 0.0409 e. The Balaban J connectivity index is 1.98. The Labute approximate surface area is 119 Å². The van der Waals surface area contributed by atoms with Crippen LogP contribution in [0.4, 0.5) is 0 Å². The average molecular weight is 331 g/mol. The first kappa shape index (κ1) is 13.1. The average Bonchev–Trinajstić information content (AvgIpc) is 2.72. The van der Waals surface area contributed by atoms with Crippen LogP contribution in [-0.2, 0) is 6.54 Å². The number of thiophene rings is 1. The molecule has 0 aliphatic heterocycles. The van der Waals surface area contributed by atoms with Crippen molar-refractivity contribution in [3.05, 3.63) is 55.6 Å². The van der Waals surface area contributed by atoms with Gasteiger partial charge >= 0.3 is 0 Å². The standard InChI is InChI=1S/C13H13BrClNS/c1-9(10-3-2-4-11(15)7-10)16-8-13-12(14)5-6-17-13/h2-7,9,16H,8H2,1H3/t9-/m0/s1. The normalized spacial score (nSPS) is 12.6. The number of benzene rings is 1. The molecule has 1 aromatic carbocycles. The van der Waals surface area contributed by atoms with Crippen molar-refractivity contribution in [2.45, 2.75) is 19.5 Å². The van der Waals surface area contributed by atoms with Crippen molar-refractivity contribution in [2.24, 2.45) is 0 Å². The van der Waals surface area contributed by atoms with E-state index in [-0.39, 0.29) is 0 Å². The van der Waals surface area contributed by atoms with E-state index in [0.717, 1.165) is 11.6 Å². The van der Waals surface area contributed by atoms with Gasteiger partial charge in [0.2, 0.25) is 0 Å². The predicted octanol–water partition coefficient (Wildman–Crippen LogP) is 5.01. The fourth-order valence-corrected chi connectivity index (χ4v) is 3.23. The highest BCUT2D eigenvalue weighted by Crippen LogP contribution is 2.24. The first-order valence-electron chi connectivity index (χ1n) is 5.37. The minimum atomic E-state index is 0.294. The van der Waals surface area contributed by atoms with Crippen molar-refractivity contribution in [3.8, 4) is 0 Å². The van der Waals surface area contributed by atoms with Gasteiger partial charge < -0.3 is 5.32 Å². The second-order valence-electron chi connectivity index (χ2n) is 3.85. The fourth-order valence-electron chi connectivity index (χ4n) is 1.59. The summed E-state index contributed by atoms with van der Waals surface area (Å²) in [6.07, 6.45) is 0. The molecule has 1 nitrogen and oxygen atoms in total. The second-order valence-corrected chi connectivity index (χ2v) is 6.14. The Kier molecular flexibility index (Phi) is 4.62. The molecule has 0 aliphatic rings. The van der Waals surface area contributed by atoms with E-state index in [1.165, 1.54) is 14.9 Å². The molecule has 0 aliphatic carbocycles. The molecule has 17 heavy (non-hydrogen) atoms. The van der Waals surface area contributed by atoms with E-state index in [4.69, 9.17) is 11.6 Å². The number of hydrogen-bond donors (Lipinski definition) is 1. The van der Waals surface area contributed by atoms with Crippen LogP contribution in [0.25, 0.3) is 0 Å². The lowest BCUT2D eigenvalue weighted by molar-refractivity contribution is 0.578. The zero-order valence-electron chi connectivity index (χ0n) is 9.41. The summed E-state index contributed by atoms with van der Waals surface area (Å²) in [4.78, 5) is 1.32. The third kappa shape index (κ3) is 3.55. The summed E-state index contributed by atoms with van der Waals surface area (Å²) in [7, 11) is 0. The van der Waals surface area contributed by atoms with E-state index in [1.807, 2.05) is 18.2 Å². The van der Waals surface area contributed by atoms with Gasteiger partial charge in [0.05, 0.1) is 0 Å². The lowest BCUT2D eigenvalue weighted by Gasteiger charge is -2.14. The first-order chi connectivity index (χ1) is 8.16. The summed E-state index contributed by atoms with van der Waals surface area (Å²) >= 11 is 11.3. The molecule has 0 saturated heterocycles. The summed E-state index contributed by atoms with van der Waals surface area (Å²) in [6, 6.07) is 10.3. The van der Waals surface area contributed by atoms with Gasteiger partial charge in [-0.1, -0.05) is 23.7 Å². The van der Waals surface area contributed by atoms with E-state index in [9.17, 15) is 0 Å². The van der Waals surface area contributed by atoms with Crippen LogP contribution in [-0.4, -0.2) is 0 Å². The molecular formula is C13H13BrClNS. The zero-order valence-corrected chi connectivity index (χ0v) is 12.6. The topological polar surface area (TPSA) is 12.0 Å². The molecule has 0 spiro atoms. The minimum Gasteiger partial charge on any atom is -0.305 e. The van der Waals surface area contributed by atoms with Crippen molar-refractivity contribution >= 4 is 38.9 Å². The molecule has 0 unspecified atom stereocenters. The van der Waals surface area contributed by atoms with Crippen LogP contribution < -0.4 is 5.32 Å². The van der Waals surface area contributed by atoms with Crippen LogP contribution in [0.2, 0.25) is 5.02 Å². The molecule has 1 atom stereocenters. The Morgan fingerprint density at radius 1 is 1.41 bits per heavy atom. The monoisotopic (exact) mass is 329 g/mol. The van der Waals surface area contributed by atoms with Gasteiger partial charge in [0.15, 0.2) is 0 Å². The van der Waals surface area contributed by atoms with Crippen molar-refractivity contribution in [1.82, 2.24) is 5.32 Å². The van der Waals surface area contributed by atoms with Gasteiger partial charge in [-0.2, -0.15) is 0 Å². The van der Waals surface area contributed by atoms with Gasteiger partial charge in [-0.3, -0.25) is 0 Å². The van der Waals surface area contributed by atoms with Crippen molar-refractivity contribution in [3.63, 3.8) is 0 Å². The first-order valence-corrected chi connectivity index (χ1v) is 7.42. The fraction of sp³-hybridized carbons (Fsp3) is 0.231. The summed E-state index contributed by atoms with van der Waals surface area (Å²) in [5.74, 6) is 0. The largest absolute Gasteiger partial charge is 0.305 e. The Bertz CT molecular complexity index is 498. The molecular weight excluding hydrogens is 318 g/mol. The maximum absolute atomic E-state index is 5.98. The van der Waals surface area contributed by atoms with Crippen LogP contribution in [0, 0.1) is 0 Å². The summed E-state index contributed by atoms with van der Waals surface area (Å²) < 4.78 is 1.17. The van der Waals surface area contributed by atoms with Gasteiger partial charge in [-0.25, -0.2) is 0 Å². The quantitative estimate of drug-likeness (QED) is 0.830. The highest BCUT2D eigenvalue weighted by Gasteiger charge is 2.07. The molecule has 0 radical (unpaired) electrons. The summed E-state index contributed by atoms with van der Waals surface area (Å²) in [5.41, 5.74) is 1.21. The maximum atomic E-state index is 5.98. The SMILES string of the molecule is C[C@H](NCc1sccc1Br)c1cccc(Cl)c1. The number of rotatable bonds is 4. The molecule has 4 heteroatoms. The third-order valence-corrected chi connectivity index (χ3v) is 4.77. The van der Waals surface area contributed by atoms with E-state index in [1.54, 1.807) is 11.3 Å². The van der Waals surface area contributed by atoms with E-state index in [2.05, 4.69) is 45.7 Å². The van der Waals surface area contributed by atoms with E-state index >= 15 is 0 Å². The maximum Gasteiger partial charge on any atom is 0.0409 e.